The topological polar surface area (TPSA) is 89.7 Å². The largest absolute Gasteiger partial charge is 0.469 e. The van der Waals surface area contributed by atoms with E-state index in [0.717, 1.165) is 7.11 Å². The minimum Gasteiger partial charge on any atom is -0.469 e. The van der Waals surface area contributed by atoms with E-state index in [1.807, 2.05) is 0 Å². The first-order chi connectivity index (χ1) is 6.02. The molecule has 13 heavy (non-hydrogen) atoms. The number of nitrogens with zero attached hydrogens (tertiary/aromatic N) is 1. The number of hydrogen-bond donors (Lipinski definition) is 1. The van der Waals surface area contributed by atoms with Crippen molar-refractivity contribution in [3.8, 4) is 0 Å². The third-order valence-corrected chi connectivity index (χ3v) is 1.74. The van der Waals surface area contributed by atoms with Gasteiger partial charge < -0.3 is 9.84 Å². The summed E-state index contributed by atoms with van der Waals surface area (Å²) in [7, 11) is 1.15. The van der Waals surface area contributed by atoms with Crippen LogP contribution in [0.3, 0.4) is 0 Å². The molecule has 0 spiro atoms. The highest BCUT2D eigenvalue weighted by Crippen LogP contribution is 2.07. The Labute approximate surface area is 75.7 Å². The summed E-state index contributed by atoms with van der Waals surface area (Å²) in [4.78, 5) is 20.4. The molecule has 2 unspecified atom stereocenters. The Hall–Kier alpha value is -1.17. The fourth-order valence-electron chi connectivity index (χ4n) is 0.877. The van der Waals surface area contributed by atoms with Crippen molar-refractivity contribution in [3.05, 3.63) is 10.1 Å². The molecule has 2 atom stereocenters. The summed E-state index contributed by atoms with van der Waals surface area (Å²) < 4.78 is 4.27. The van der Waals surface area contributed by atoms with Crippen LogP contribution in [0, 0.1) is 10.1 Å². The second kappa shape index (κ2) is 5.47. The van der Waals surface area contributed by atoms with Crippen molar-refractivity contribution < 1.29 is 19.6 Å². The number of rotatable bonds is 5. The lowest BCUT2D eigenvalue weighted by Gasteiger charge is -2.12. The lowest BCUT2D eigenvalue weighted by Crippen LogP contribution is -2.35. The summed E-state index contributed by atoms with van der Waals surface area (Å²) in [6.45, 7) is 1.61. The molecule has 1 N–H and O–H groups in total. The van der Waals surface area contributed by atoms with Gasteiger partial charge in [0.25, 0.3) is 0 Å². The number of methoxy groups -OCH3 is 1. The summed E-state index contributed by atoms with van der Waals surface area (Å²) in [6, 6.07) is -1.27. The van der Waals surface area contributed by atoms with Crippen molar-refractivity contribution in [1.82, 2.24) is 0 Å². The minimum atomic E-state index is -1.27. The zero-order valence-electron chi connectivity index (χ0n) is 7.60. The van der Waals surface area contributed by atoms with Crippen LogP contribution >= 0.6 is 0 Å². The van der Waals surface area contributed by atoms with Gasteiger partial charge in [0.2, 0.25) is 6.04 Å². The van der Waals surface area contributed by atoms with Gasteiger partial charge in [-0.1, -0.05) is 6.92 Å². The van der Waals surface area contributed by atoms with Gasteiger partial charge in [-0.25, -0.2) is 0 Å². The molecule has 6 heteroatoms. The van der Waals surface area contributed by atoms with Gasteiger partial charge in [-0.05, 0) is 6.42 Å². The zero-order valence-corrected chi connectivity index (χ0v) is 7.60. The van der Waals surface area contributed by atoms with Crippen LogP contribution in [0.15, 0.2) is 0 Å². The van der Waals surface area contributed by atoms with E-state index in [9.17, 15) is 20.0 Å². The quantitative estimate of drug-likeness (QED) is 0.374. The number of aliphatic hydroxyl groups excluding tert-OH is 1. The van der Waals surface area contributed by atoms with Gasteiger partial charge in [-0.3, -0.25) is 14.9 Å². The summed E-state index contributed by atoms with van der Waals surface area (Å²) in [5.74, 6) is -0.686. The fourth-order valence-corrected chi connectivity index (χ4v) is 0.877. The van der Waals surface area contributed by atoms with Crippen molar-refractivity contribution in [2.45, 2.75) is 31.9 Å². The second-order valence-electron chi connectivity index (χ2n) is 2.61. The lowest BCUT2D eigenvalue weighted by molar-refractivity contribution is -0.533. The third-order valence-electron chi connectivity index (χ3n) is 1.74. The smallest absolute Gasteiger partial charge is 0.312 e. The number of carbonyl (C=O) groups excluding carboxylic acids is 1. The van der Waals surface area contributed by atoms with Crippen LogP contribution in [0.5, 0.6) is 0 Å². The molecule has 0 saturated heterocycles. The van der Waals surface area contributed by atoms with Crippen LogP contribution in [-0.2, 0) is 9.53 Å². The molecule has 6 nitrogen and oxygen atoms in total. The summed E-state index contributed by atoms with van der Waals surface area (Å²) in [6.07, 6.45) is -1.25. The Kier molecular flexibility index (Phi) is 4.98. The van der Waals surface area contributed by atoms with E-state index in [4.69, 9.17) is 0 Å². The van der Waals surface area contributed by atoms with Crippen molar-refractivity contribution in [1.29, 1.82) is 0 Å². The monoisotopic (exact) mass is 191 g/mol. The van der Waals surface area contributed by atoms with Gasteiger partial charge in [0.05, 0.1) is 7.11 Å². The molecule has 0 aromatic rings. The number of nitro groups is 1. The van der Waals surface area contributed by atoms with Crippen molar-refractivity contribution in [2.24, 2.45) is 0 Å². The molecule has 0 saturated carbocycles. The molecular formula is C7H13NO5. The molecule has 0 aliphatic rings. The van der Waals surface area contributed by atoms with Gasteiger partial charge >= 0.3 is 5.97 Å². The Morgan fingerprint density at radius 1 is 1.69 bits per heavy atom. The number of ether oxygens (including phenoxy) is 1. The van der Waals surface area contributed by atoms with Crippen LogP contribution in [-0.4, -0.2) is 35.3 Å². The van der Waals surface area contributed by atoms with Crippen LogP contribution in [0.1, 0.15) is 19.8 Å². The van der Waals surface area contributed by atoms with Gasteiger partial charge in [-0.15, -0.1) is 0 Å². The van der Waals surface area contributed by atoms with Gasteiger partial charge in [0.1, 0.15) is 12.5 Å². The molecule has 0 aliphatic carbocycles. The molecule has 0 bridgehead atoms. The normalized spacial score (nSPS) is 14.7. The van der Waals surface area contributed by atoms with Crippen LogP contribution in [0.2, 0.25) is 0 Å². The van der Waals surface area contributed by atoms with E-state index in [0.29, 0.717) is 0 Å². The molecule has 0 rings (SSSR count). The molecule has 0 aliphatic heterocycles. The van der Waals surface area contributed by atoms with Crippen molar-refractivity contribution in [3.63, 3.8) is 0 Å². The Balaban J connectivity index is 4.26. The predicted octanol–water partition coefficient (Wildman–Crippen LogP) is -0.0343. The first kappa shape index (κ1) is 11.8. The molecular weight excluding hydrogens is 178 g/mol. The summed E-state index contributed by atoms with van der Waals surface area (Å²) in [5, 5.41) is 19.6. The molecule has 0 aromatic heterocycles. The number of esters is 1. The van der Waals surface area contributed by atoms with Crippen LogP contribution in [0.25, 0.3) is 0 Å². The fraction of sp³-hybridized carbons (Fsp3) is 0.857. The van der Waals surface area contributed by atoms with E-state index in [1.54, 1.807) is 6.92 Å². The second-order valence-corrected chi connectivity index (χ2v) is 2.61. The van der Waals surface area contributed by atoms with Crippen LogP contribution in [0.4, 0.5) is 0 Å². The van der Waals surface area contributed by atoms with Gasteiger partial charge in [-0.2, -0.15) is 0 Å². The SMILES string of the molecule is CCC(O)C(CC(=O)OC)[N+](=O)[O-]. The number of hydrogen-bond acceptors (Lipinski definition) is 5. The summed E-state index contributed by atoms with van der Waals surface area (Å²) in [5.41, 5.74) is 0. The minimum absolute atomic E-state index is 0.239. The standard InChI is InChI=1S/C7H13NO5/c1-3-6(9)5(8(11)12)4-7(10)13-2/h5-6,9H,3-4H2,1-2H3. The molecule has 0 fully saturated rings. The molecule has 0 radical (unpaired) electrons. The van der Waals surface area contributed by atoms with Gasteiger partial charge in [0, 0.05) is 4.92 Å². The average molecular weight is 191 g/mol. The highest BCUT2D eigenvalue weighted by Gasteiger charge is 2.31. The Bertz CT molecular complexity index is 193. The van der Waals surface area contributed by atoms with Gasteiger partial charge in [0.15, 0.2) is 0 Å². The van der Waals surface area contributed by atoms with E-state index >= 15 is 0 Å². The Morgan fingerprint density at radius 3 is 2.54 bits per heavy atom. The van der Waals surface area contributed by atoms with Crippen LogP contribution < -0.4 is 0 Å². The molecule has 76 valence electrons. The highest BCUT2D eigenvalue weighted by atomic mass is 16.6. The first-order valence-corrected chi connectivity index (χ1v) is 3.91. The average Bonchev–Trinajstić information content (AvgIpc) is 2.11. The molecule has 0 amide bonds. The zero-order chi connectivity index (χ0) is 10.4. The van der Waals surface area contributed by atoms with E-state index in [-0.39, 0.29) is 6.42 Å². The first-order valence-electron chi connectivity index (χ1n) is 3.91. The number of aliphatic hydroxyl groups is 1. The maximum absolute atomic E-state index is 10.7. The van der Waals surface area contributed by atoms with Crippen molar-refractivity contribution in [2.75, 3.05) is 7.11 Å². The third kappa shape index (κ3) is 3.84. The van der Waals surface area contributed by atoms with E-state index < -0.39 is 29.5 Å². The number of carbonyl (C=O) groups is 1. The predicted molar refractivity (Wildman–Crippen MR) is 43.7 cm³/mol. The van der Waals surface area contributed by atoms with Crippen molar-refractivity contribution >= 4 is 5.97 Å². The van der Waals surface area contributed by atoms with E-state index in [1.165, 1.54) is 0 Å². The lowest BCUT2D eigenvalue weighted by atomic mass is 10.1. The maximum atomic E-state index is 10.7. The molecule has 0 heterocycles. The highest BCUT2D eigenvalue weighted by molar-refractivity contribution is 5.69. The summed E-state index contributed by atoms with van der Waals surface area (Å²) >= 11 is 0. The Morgan fingerprint density at radius 2 is 2.23 bits per heavy atom. The van der Waals surface area contributed by atoms with E-state index in [2.05, 4.69) is 4.74 Å². The maximum Gasteiger partial charge on any atom is 0.312 e. The molecule has 0 aromatic carbocycles.